The molecule has 16 heteroatoms. The topological polar surface area (TPSA) is 208 Å². The molecular formula is C37H70O14P2. The lowest BCUT2D eigenvalue weighted by molar-refractivity contribution is -0.161. The normalized spacial score (nSPS) is 18.8. The third-order valence-corrected chi connectivity index (χ3v) is 10.5. The molecule has 0 aliphatic carbocycles. The molecule has 0 aromatic heterocycles. The van der Waals surface area contributed by atoms with E-state index in [1.54, 1.807) is 0 Å². The molecule has 6 atom stereocenters. The van der Waals surface area contributed by atoms with Crippen LogP contribution in [-0.4, -0.2) is 82.6 Å². The van der Waals surface area contributed by atoms with Crippen LogP contribution in [0.15, 0.2) is 12.2 Å². The fraction of sp³-hybridized carbons (Fsp3) is 0.892. The van der Waals surface area contributed by atoms with Crippen molar-refractivity contribution < 1.29 is 66.3 Å². The van der Waals surface area contributed by atoms with Crippen LogP contribution in [0.3, 0.4) is 0 Å². The van der Waals surface area contributed by atoms with Gasteiger partial charge in [-0.25, -0.2) is 9.13 Å². The molecule has 0 aromatic carbocycles. The molecule has 4 unspecified atom stereocenters. The van der Waals surface area contributed by atoms with Crippen molar-refractivity contribution in [2.45, 2.75) is 180 Å². The highest BCUT2D eigenvalue weighted by Crippen LogP contribution is 2.44. The van der Waals surface area contributed by atoms with E-state index in [1.807, 2.05) is 0 Å². The number of aliphatic hydroxyl groups is 1. The van der Waals surface area contributed by atoms with E-state index in [1.165, 1.54) is 44.9 Å². The Morgan fingerprint density at radius 2 is 1.32 bits per heavy atom. The first-order valence-corrected chi connectivity index (χ1v) is 22.9. The standard InChI is InChI=1S/C37H70O14P2/c1-4-6-7-8-13-18-23-34-35(51-34)24-19-14-11-16-21-26-37(40)50-33(30-49-53(44,45)48-28-32(38)27-47-52(41,42)43)29-46-36(39)25-20-15-10-9-12-17-22-31(3)5-2/h13,18,31-35,38H,4-12,14-17,19-30H2,1-3H3,(H,44,45)(H2,41,42,43)/b18-13-/t31?,32-,33+,34?,35?/m0/s1. The van der Waals surface area contributed by atoms with Crippen molar-refractivity contribution in [3.8, 4) is 0 Å². The zero-order valence-electron chi connectivity index (χ0n) is 32.5. The maximum absolute atomic E-state index is 12.6. The number of phosphoric acid groups is 2. The van der Waals surface area contributed by atoms with E-state index in [9.17, 15) is 28.7 Å². The van der Waals surface area contributed by atoms with Gasteiger partial charge < -0.3 is 34.0 Å². The van der Waals surface area contributed by atoms with Crippen molar-refractivity contribution in [2.24, 2.45) is 5.92 Å². The highest BCUT2D eigenvalue weighted by atomic mass is 31.2. The van der Waals surface area contributed by atoms with E-state index < -0.39 is 66.2 Å². The summed E-state index contributed by atoms with van der Waals surface area (Å²) >= 11 is 0. The summed E-state index contributed by atoms with van der Waals surface area (Å²) in [5.41, 5.74) is 0. The average molecular weight is 801 g/mol. The van der Waals surface area contributed by atoms with Gasteiger partial charge in [-0.05, 0) is 44.4 Å². The van der Waals surface area contributed by atoms with Gasteiger partial charge in [0.05, 0.1) is 32.0 Å². The molecule has 1 heterocycles. The lowest BCUT2D eigenvalue weighted by Gasteiger charge is -2.20. The second-order valence-electron chi connectivity index (χ2n) is 14.2. The zero-order valence-corrected chi connectivity index (χ0v) is 34.3. The monoisotopic (exact) mass is 800 g/mol. The predicted octanol–water partition coefficient (Wildman–Crippen LogP) is 8.24. The van der Waals surface area contributed by atoms with Crippen LogP contribution in [-0.2, 0) is 46.5 Å². The van der Waals surface area contributed by atoms with Crippen LogP contribution in [0, 0.1) is 5.92 Å². The minimum Gasteiger partial charge on any atom is -0.462 e. The summed E-state index contributed by atoms with van der Waals surface area (Å²) in [5.74, 6) is -0.306. The molecular weight excluding hydrogens is 730 g/mol. The molecule has 0 aromatic rings. The van der Waals surface area contributed by atoms with Crippen LogP contribution in [0.25, 0.3) is 0 Å². The average Bonchev–Trinajstić information content (AvgIpc) is 3.87. The van der Waals surface area contributed by atoms with Gasteiger partial charge in [-0.3, -0.25) is 23.2 Å². The largest absolute Gasteiger partial charge is 0.472 e. The Morgan fingerprint density at radius 1 is 0.717 bits per heavy atom. The molecule has 53 heavy (non-hydrogen) atoms. The van der Waals surface area contributed by atoms with E-state index in [0.717, 1.165) is 70.1 Å². The molecule has 1 rings (SSSR count). The number of rotatable bonds is 36. The van der Waals surface area contributed by atoms with Gasteiger partial charge in [-0.1, -0.05) is 116 Å². The van der Waals surface area contributed by atoms with Crippen molar-refractivity contribution in [1.82, 2.24) is 0 Å². The summed E-state index contributed by atoms with van der Waals surface area (Å²) in [4.78, 5) is 52.5. The Balaban J connectivity index is 2.40. The van der Waals surface area contributed by atoms with Crippen molar-refractivity contribution >= 4 is 27.6 Å². The van der Waals surface area contributed by atoms with Crippen molar-refractivity contribution in [3.63, 3.8) is 0 Å². The Hall–Kier alpha value is -1.18. The lowest BCUT2D eigenvalue weighted by atomic mass is 10.00. The number of aliphatic hydroxyl groups excluding tert-OH is 1. The molecule has 1 fully saturated rings. The Kier molecular flexibility index (Phi) is 28.2. The molecule has 312 valence electrons. The van der Waals surface area contributed by atoms with Gasteiger partial charge in [0.25, 0.3) is 0 Å². The number of esters is 2. The SMILES string of the molecule is CCCCC/C=C\CC1OC1CCCCCCCC(=O)O[C@H](COC(=O)CCCCCCCCC(C)CC)COP(=O)(O)OC[C@@H](O)COP(=O)(O)O. The minimum absolute atomic E-state index is 0.110. The first-order valence-electron chi connectivity index (χ1n) is 19.9. The molecule has 0 amide bonds. The Bertz CT molecular complexity index is 1080. The molecule has 0 spiro atoms. The molecule has 1 saturated heterocycles. The summed E-state index contributed by atoms with van der Waals surface area (Å²) in [7, 11) is -9.67. The Labute approximate surface area is 317 Å². The van der Waals surface area contributed by atoms with Gasteiger partial charge in [0.2, 0.25) is 0 Å². The third-order valence-electron chi connectivity index (χ3n) is 9.11. The van der Waals surface area contributed by atoms with Gasteiger partial charge in [0, 0.05) is 12.8 Å². The summed E-state index contributed by atoms with van der Waals surface area (Å²) in [5, 5.41) is 9.72. The quantitative estimate of drug-likeness (QED) is 0.0155. The van der Waals surface area contributed by atoms with E-state index in [0.29, 0.717) is 25.0 Å². The van der Waals surface area contributed by atoms with Crippen LogP contribution < -0.4 is 0 Å². The van der Waals surface area contributed by atoms with Gasteiger partial charge in [-0.15, -0.1) is 0 Å². The van der Waals surface area contributed by atoms with E-state index in [-0.39, 0.29) is 12.8 Å². The second kappa shape index (κ2) is 30.0. The van der Waals surface area contributed by atoms with Gasteiger partial charge in [0.1, 0.15) is 12.7 Å². The van der Waals surface area contributed by atoms with Gasteiger partial charge in [-0.2, -0.15) is 0 Å². The fourth-order valence-electron chi connectivity index (χ4n) is 5.56. The van der Waals surface area contributed by atoms with Crippen LogP contribution >= 0.6 is 15.6 Å². The molecule has 0 bridgehead atoms. The molecule has 0 radical (unpaired) electrons. The maximum Gasteiger partial charge on any atom is 0.472 e. The zero-order chi connectivity index (χ0) is 39.4. The minimum atomic E-state index is -4.86. The fourth-order valence-corrected chi connectivity index (χ4v) is 6.72. The van der Waals surface area contributed by atoms with Crippen molar-refractivity contribution in [3.05, 3.63) is 12.2 Å². The molecule has 14 nitrogen and oxygen atoms in total. The summed E-state index contributed by atoms with van der Waals surface area (Å²) < 4.78 is 53.4. The highest BCUT2D eigenvalue weighted by molar-refractivity contribution is 7.47. The number of ether oxygens (including phenoxy) is 3. The molecule has 0 saturated carbocycles. The Morgan fingerprint density at radius 3 is 1.98 bits per heavy atom. The van der Waals surface area contributed by atoms with Crippen LogP contribution in [0.4, 0.5) is 0 Å². The first kappa shape index (κ1) is 49.8. The van der Waals surface area contributed by atoms with Crippen molar-refractivity contribution in [1.29, 1.82) is 0 Å². The highest BCUT2D eigenvalue weighted by Gasteiger charge is 2.36. The summed E-state index contributed by atoms with van der Waals surface area (Å²) in [6.45, 7) is 3.95. The summed E-state index contributed by atoms with van der Waals surface area (Å²) in [6, 6.07) is 0. The second-order valence-corrected chi connectivity index (χ2v) is 16.9. The number of epoxide rings is 1. The van der Waals surface area contributed by atoms with E-state index >= 15 is 0 Å². The number of unbranched alkanes of at least 4 members (excludes halogenated alkanes) is 12. The first-order chi connectivity index (χ1) is 25.2. The predicted molar refractivity (Wildman–Crippen MR) is 202 cm³/mol. The van der Waals surface area contributed by atoms with Gasteiger partial charge in [0.15, 0.2) is 6.10 Å². The van der Waals surface area contributed by atoms with Crippen molar-refractivity contribution in [2.75, 3.05) is 26.4 Å². The third kappa shape index (κ3) is 30.7. The van der Waals surface area contributed by atoms with E-state index in [2.05, 4.69) is 42.0 Å². The van der Waals surface area contributed by atoms with Crippen LogP contribution in [0.1, 0.15) is 156 Å². The maximum atomic E-state index is 12.6. The molecule has 1 aliphatic rings. The van der Waals surface area contributed by atoms with Gasteiger partial charge >= 0.3 is 27.6 Å². The van der Waals surface area contributed by atoms with E-state index in [4.69, 9.17) is 28.5 Å². The number of carbonyl (C=O) groups is 2. The van der Waals surface area contributed by atoms with Crippen LogP contribution in [0.2, 0.25) is 0 Å². The number of phosphoric ester groups is 2. The van der Waals surface area contributed by atoms with Crippen LogP contribution in [0.5, 0.6) is 0 Å². The molecule has 4 N–H and O–H groups in total. The number of hydrogen-bond donors (Lipinski definition) is 4. The molecule has 1 aliphatic heterocycles. The lowest BCUT2D eigenvalue weighted by Crippen LogP contribution is -2.30. The number of carbonyl (C=O) groups excluding carboxylic acids is 2. The smallest absolute Gasteiger partial charge is 0.462 e. The number of hydrogen-bond acceptors (Lipinski definition) is 11. The number of allylic oxidation sites excluding steroid dienone is 1. The summed E-state index contributed by atoms with van der Waals surface area (Å²) in [6.07, 6.45) is 22.5.